The van der Waals surface area contributed by atoms with Gasteiger partial charge in [0, 0.05) is 74.8 Å². The Morgan fingerprint density at radius 3 is 2.53 bits per heavy atom. The number of aromatic nitrogens is 6. The van der Waals surface area contributed by atoms with Crippen LogP contribution < -0.4 is 15.1 Å². The minimum Gasteiger partial charge on any atom is -0.370 e. The van der Waals surface area contributed by atoms with Crippen molar-refractivity contribution in [2.24, 2.45) is 5.41 Å². The van der Waals surface area contributed by atoms with Crippen molar-refractivity contribution in [1.82, 2.24) is 34.6 Å². The van der Waals surface area contributed by atoms with E-state index in [1.165, 1.54) is 0 Å². The number of hydrogen-bond donors (Lipinski definition) is 2. The van der Waals surface area contributed by atoms with Gasteiger partial charge in [0.1, 0.15) is 23.0 Å². The zero-order valence-electron chi connectivity index (χ0n) is 25.6. The Balaban J connectivity index is 0.926. The molecule has 232 valence electrons. The molecule has 2 saturated heterocycles. The Labute approximate surface area is 260 Å². The molecule has 1 amide bonds. The second-order valence-electron chi connectivity index (χ2n) is 13.1. The number of carbonyl (C=O) groups is 1. The number of pyridine rings is 1. The van der Waals surface area contributed by atoms with Gasteiger partial charge in [-0.1, -0.05) is 12.8 Å². The van der Waals surface area contributed by atoms with Crippen LogP contribution >= 0.6 is 0 Å². The van der Waals surface area contributed by atoms with E-state index in [4.69, 9.17) is 4.98 Å². The van der Waals surface area contributed by atoms with Crippen LogP contribution in [0.15, 0.2) is 48.9 Å². The Kier molecular flexibility index (Phi) is 6.61. The van der Waals surface area contributed by atoms with Crippen molar-refractivity contribution in [3.63, 3.8) is 0 Å². The molecule has 11 nitrogen and oxygen atoms in total. The van der Waals surface area contributed by atoms with Gasteiger partial charge in [-0.2, -0.15) is 10.1 Å². The third-order valence-electron chi connectivity index (χ3n) is 9.97. The molecule has 45 heavy (non-hydrogen) atoms. The molecule has 0 bridgehead atoms. The van der Waals surface area contributed by atoms with E-state index in [2.05, 4.69) is 45.9 Å². The third kappa shape index (κ3) is 4.92. The number of carbonyl (C=O) groups excluding carboxylic acids is 1. The molecule has 1 aromatic carbocycles. The molecule has 0 radical (unpaired) electrons. The normalized spacial score (nSPS) is 18.2. The van der Waals surface area contributed by atoms with Crippen LogP contribution in [-0.2, 0) is 0 Å². The van der Waals surface area contributed by atoms with Gasteiger partial charge in [-0.05, 0) is 49.9 Å². The van der Waals surface area contributed by atoms with Gasteiger partial charge >= 0.3 is 0 Å². The number of hydrogen-bond acceptors (Lipinski definition) is 8. The zero-order chi connectivity index (χ0) is 30.7. The smallest absolute Gasteiger partial charge is 0.270 e. The fraction of sp³-hybridized carbons (Fsp3) is 0.424. The van der Waals surface area contributed by atoms with Crippen molar-refractivity contribution in [3.05, 3.63) is 60.4 Å². The lowest BCUT2D eigenvalue weighted by Crippen LogP contribution is -2.60. The number of piperidine rings is 1. The molecule has 1 saturated carbocycles. The summed E-state index contributed by atoms with van der Waals surface area (Å²) in [4.78, 5) is 33.2. The third-order valence-corrected chi connectivity index (χ3v) is 9.97. The van der Waals surface area contributed by atoms with Crippen LogP contribution in [-0.4, -0.2) is 80.8 Å². The van der Waals surface area contributed by atoms with Crippen molar-refractivity contribution in [2.45, 2.75) is 44.6 Å². The highest BCUT2D eigenvalue weighted by molar-refractivity contribution is 5.98. The maximum absolute atomic E-state index is 14.8. The first-order valence-electron chi connectivity index (χ1n) is 15.8. The Bertz CT molecular complexity index is 1880. The van der Waals surface area contributed by atoms with Crippen LogP contribution in [0.2, 0.25) is 0 Å². The van der Waals surface area contributed by atoms with Crippen molar-refractivity contribution >= 4 is 51.0 Å². The zero-order valence-corrected chi connectivity index (χ0v) is 25.6. The maximum atomic E-state index is 14.8. The lowest BCUT2D eigenvalue weighted by Gasteiger charge is -2.55. The number of fused-ring (bicyclic) bond motifs is 2. The summed E-state index contributed by atoms with van der Waals surface area (Å²) in [7, 11) is 3.56. The standard InChI is InChI=1S/C33H37FN10O/c1-41(2)31(45)28-14-22-16-36-32(39-30(22)44(28)23-5-3-4-6-23)38-29-8-7-24(18-35-29)42-11-9-33(10-12-42)19-43(20-33)27-13-21-17-37-40-26(21)15-25(27)34/h7-8,13-18,23H,3-6,9-12,19-20H2,1-2H3,(H,37,40)(H,35,36,38,39). The van der Waals surface area contributed by atoms with Gasteiger partial charge in [-0.25, -0.2) is 14.4 Å². The number of halogens is 1. The van der Waals surface area contributed by atoms with Gasteiger partial charge < -0.3 is 24.6 Å². The highest BCUT2D eigenvalue weighted by atomic mass is 19.1. The second-order valence-corrected chi connectivity index (χ2v) is 13.1. The van der Waals surface area contributed by atoms with Gasteiger partial charge in [0.15, 0.2) is 0 Å². The lowest BCUT2D eigenvalue weighted by molar-refractivity contribution is 0.0815. The van der Waals surface area contributed by atoms with E-state index in [1.807, 2.05) is 24.4 Å². The topological polar surface area (TPSA) is 111 Å². The maximum Gasteiger partial charge on any atom is 0.270 e. The Hall–Kier alpha value is -4.74. The number of rotatable bonds is 6. The predicted octanol–water partition coefficient (Wildman–Crippen LogP) is 5.51. The van der Waals surface area contributed by atoms with Gasteiger partial charge in [0.25, 0.3) is 5.91 Å². The second kappa shape index (κ2) is 10.7. The van der Waals surface area contributed by atoms with E-state index in [0.29, 0.717) is 23.1 Å². The van der Waals surface area contributed by atoms with Crippen LogP contribution in [0, 0.1) is 11.2 Å². The summed E-state index contributed by atoms with van der Waals surface area (Å²) in [6.45, 7) is 3.64. The fourth-order valence-corrected chi connectivity index (χ4v) is 7.44. The predicted molar refractivity (Wildman–Crippen MR) is 173 cm³/mol. The van der Waals surface area contributed by atoms with Gasteiger partial charge in [0.05, 0.1) is 29.3 Å². The number of aromatic amines is 1. The molecule has 6 heterocycles. The molecule has 0 atom stereocenters. The molecule has 2 aliphatic heterocycles. The molecule has 4 aromatic heterocycles. The minimum absolute atomic E-state index is 0.0221. The minimum atomic E-state index is -0.198. The van der Waals surface area contributed by atoms with Gasteiger partial charge in [-0.3, -0.25) is 9.89 Å². The van der Waals surface area contributed by atoms with Crippen molar-refractivity contribution < 1.29 is 9.18 Å². The molecule has 8 rings (SSSR count). The van der Waals surface area contributed by atoms with Crippen molar-refractivity contribution in [1.29, 1.82) is 0 Å². The summed E-state index contributed by atoms with van der Waals surface area (Å²) in [5.41, 5.74) is 4.15. The molecule has 5 aromatic rings. The van der Waals surface area contributed by atoms with Gasteiger partial charge in [0.2, 0.25) is 5.95 Å². The molecule has 12 heteroatoms. The first-order valence-corrected chi connectivity index (χ1v) is 15.8. The van der Waals surface area contributed by atoms with E-state index in [-0.39, 0.29) is 23.2 Å². The van der Waals surface area contributed by atoms with Crippen molar-refractivity contribution in [2.75, 3.05) is 55.4 Å². The van der Waals surface area contributed by atoms with E-state index >= 15 is 0 Å². The summed E-state index contributed by atoms with van der Waals surface area (Å²) in [5.74, 6) is 0.908. The SMILES string of the molecule is CN(C)C(=O)c1cc2cnc(Nc3ccc(N4CCC5(CC4)CN(c4cc6cn[nH]c6cc4F)C5)cn3)nc2n1C1CCCC1. The number of benzene rings is 1. The molecular formula is C33H37FN10O. The quantitative estimate of drug-likeness (QED) is 0.260. The summed E-state index contributed by atoms with van der Waals surface area (Å²) in [6.07, 6.45) is 12.0. The van der Waals surface area contributed by atoms with E-state index in [9.17, 15) is 9.18 Å². The van der Waals surface area contributed by atoms with Crippen LogP contribution in [0.5, 0.6) is 0 Å². The molecule has 1 spiro atoms. The van der Waals surface area contributed by atoms with Crippen molar-refractivity contribution in [3.8, 4) is 0 Å². The summed E-state index contributed by atoms with van der Waals surface area (Å²) in [6, 6.07) is 9.67. The highest BCUT2D eigenvalue weighted by Gasteiger charge is 2.45. The first kappa shape index (κ1) is 27.8. The fourth-order valence-electron chi connectivity index (χ4n) is 7.44. The highest BCUT2D eigenvalue weighted by Crippen LogP contribution is 2.44. The van der Waals surface area contributed by atoms with Crippen LogP contribution in [0.1, 0.15) is 55.1 Å². The average Bonchev–Trinajstić information content (AvgIpc) is 3.79. The summed E-state index contributed by atoms with van der Waals surface area (Å²) >= 11 is 0. The van der Waals surface area contributed by atoms with Crippen LogP contribution in [0.3, 0.4) is 0 Å². The number of nitrogens with one attached hydrogen (secondary N) is 2. The first-order chi connectivity index (χ1) is 21.9. The number of H-pyrrole nitrogens is 1. The average molecular weight is 609 g/mol. The van der Waals surface area contributed by atoms with Crippen LogP contribution in [0.4, 0.5) is 27.5 Å². The van der Waals surface area contributed by atoms with Crippen LogP contribution in [0.25, 0.3) is 21.9 Å². The lowest BCUT2D eigenvalue weighted by atomic mass is 9.71. The molecule has 2 N–H and O–H groups in total. The number of anilines is 4. The molecule has 3 fully saturated rings. The Morgan fingerprint density at radius 2 is 1.80 bits per heavy atom. The number of amides is 1. The van der Waals surface area contributed by atoms with E-state index < -0.39 is 0 Å². The summed E-state index contributed by atoms with van der Waals surface area (Å²) in [5, 5.41) is 11.9. The van der Waals surface area contributed by atoms with Gasteiger partial charge in [-0.15, -0.1) is 0 Å². The molecule has 1 aliphatic carbocycles. The van der Waals surface area contributed by atoms with E-state index in [1.54, 1.807) is 37.5 Å². The van der Waals surface area contributed by atoms with E-state index in [0.717, 1.165) is 92.3 Å². The largest absolute Gasteiger partial charge is 0.370 e. The molecule has 3 aliphatic rings. The monoisotopic (exact) mass is 608 g/mol. The molecular weight excluding hydrogens is 571 g/mol. The molecule has 0 unspecified atom stereocenters. The number of nitrogens with zero attached hydrogens (tertiary/aromatic N) is 8. The Morgan fingerprint density at radius 1 is 1.00 bits per heavy atom. The summed E-state index contributed by atoms with van der Waals surface area (Å²) < 4.78 is 16.9.